The molecule has 2 heterocycles. The van der Waals surface area contributed by atoms with Crippen molar-refractivity contribution in [3.05, 3.63) is 58.9 Å². The van der Waals surface area contributed by atoms with Crippen LogP contribution in [0.2, 0.25) is 0 Å². The summed E-state index contributed by atoms with van der Waals surface area (Å²) >= 11 is 0. The number of carbonyl (C=O) groups is 1. The number of aromatic nitrogens is 1. The molecule has 0 aliphatic carbocycles. The molecule has 1 N–H and O–H groups in total. The maximum atomic E-state index is 14.1. The smallest absolute Gasteiger partial charge is 0.433 e. The van der Waals surface area contributed by atoms with Crippen molar-refractivity contribution in [2.24, 2.45) is 0 Å². The highest BCUT2D eigenvalue weighted by atomic mass is 19.4. The van der Waals surface area contributed by atoms with Crippen LogP contribution >= 0.6 is 0 Å². The number of aryl methyl sites for hydroxylation is 1. The Hall–Kier alpha value is -3.10. The van der Waals surface area contributed by atoms with E-state index in [0.29, 0.717) is 0 Å². The average Bonchev–Trinajstić information content (AvgIpc) is 2.86. The Morgan fingerprint density at radius 2 is 2.08 bits per heavy atom. The van der Waals surface area contributed by atoms with Crippen LogP contribution < -0.4 is 4.74 Å². The minimum absolute atomic E-state index is 0.00195. The topological polar surface area (TPSA) is 72.6 Å². The molecule has 0 amide bonds. The fraction of sp³-hybridized carbons (Fsp3) is 0.176. The molecular weight excluding hydrogens is 358 g/mol. The number of benzene rings is 1. The number of hydrogen-bond acceptors (Lipinski definition) is 4. The minimum Gasteiger partial charge on any atom is -0.486 e. The Balaban J connectivity index is 1.97. The summed E-state index contributed by atoms with van der Waals surface area (Å²) in [6, 6.07) is 4.48. The number of halogens is 4. The van der Waals surface area contributed by atoms with Crippen LogP contribution in [0.1, 0.15) is 27.4 Å². The second-order valence-electron chi connectivity index (χ2n) is 5.41. The zero-order valence-corrected chi connectivity index (χ0v) is 13.2. The lowest BCUT2D eigenvalue weighted by Crippen LogP contribution is -2.13. The monoisotopic (exact) mass is 369 g/mol. The summed E-state index contributed by atoms with van der Waals surface area (Å²) in [5.41, 5.74) is -1.57. The second kappa shape index (κ2) is 6.32. The number of nitrogens with zero attached hydrogens (tertiary/aromatic N) is 1. The number of pyridine rings is 1. The van der Waals surface area contributed by atoms with Gasteiger partial charge in [-0.15, -0.1) is 0 Å². The molecule has 26 heavy (non-hydrogen) atoms. The quantitative estimate of drug-likeness (QED) is 0.682. The second-order valence-corrected chi connectivity index (χ2v) is 5.41. The molecule has 3 rings (SSSR count). The van der Waals surface area contributed by atoms with Crippen molar-refractivity contribution >= 4 is 16.9 Å². The molecule has 0 aliphatic heterocycles. The van der Waals surface area contributed by atoms with Gasteiger partial charge in [-0.2, -0.15) is 13.2 Å². The number of fused-ring (bicyclic) bond motifs is 1. The van der Waals surface area contributed by atoms with Crippen LogP contribution in [0.4, 0.5) is 17.6 Å². The van der Waals surface area contributed by atoms with Crippen molar-refractivity contribution < 1.29 is 36.6 Å². The molecule has 3 aromatic rings. The van der Waals surface area contributed by atoms with Crippen LogP contribution in [0.15, 0.2) is 34.9 Å². The predicted octanol–water partition coefficient (Wildman–Crippen LogP) is 4.57. The summed E-state index contributed by atoms with van der Waals surface area (Å²) in [7, 11) is 0. The summed E-state index contributed by atoms with van der Waals surface area (Å²) < 4.78 is 63.3. The number of aromatic carboxylic acids is 1. The van der Waals surface area contributed by atoms with Gasteiger partial charge in [0.25, 0.3) is 0 Å². The van der Waals surface area contributed by atoms with E-state index in [2.05, 4.69) is 4.98 Å². The zero-order valence-electron chi connectivity index (χ0n) is 13.2. The van der Waals surface area contributed by atoms with E-state index in [1.54, 1.807) is 0 Å². The van der Waals surface area contributed by atoms with Crippen LogP contribution in [-0.2, 0) is 12.8 Å². The summed E-state index contributed by atoms with van der Waals surface area (Å²) in [6.07, 6.45) is -3.69. The fourth-order valence-corrected chi connectivity index (χ4v) is 2.56. The number of hydrogen-bond donors (Lipinski definition) is 1. The molecule has 9 heteroatoms. The van der Waals surface area contributed by atoms with Gasteiger partial charge in [0.05, 0.1) is 0 Å². The van der Waals surface area contributed by atoms with Crippen LogP contribution in [-0.4, -0.2) is 16.1 Å². The first-order chi connectivity index (χ1) is 12.2. The first-order valence-electron chi connectivity index (χ1n) is 7.28. The van der Waals surface area contributed by atoms with Gasteiger partial charge < -0.3 is 14.3 Å². The van der Waals surface area contributed by atoms with Gasteiger partial charge in [-0.1, -0.05) is 6.07 Å². The van der Waals surface area contributed by atoms with E-state index in [-0.39, 0.29) is 27.9 Å². The van der Waals surface area contributed by atoms with E-state index in [0.717, 1.165) is 24.4 Å². The van der Waals surface area contributed by atoms with E-state index >= 15 is 0 Å². The highest BCUT2D eigenvalue weighted by Gasteiger charge is 2.35. The van der Waals surface area contributed by atoms with Crippen molar-refractivity contribution in [2.75, 3.05) is 0 Å². The highest BCUT2D eigenvalue weighted by molar-refractivity contribution is 6.04. The van der Waals surface area contributed by atoms with Crippen molar-refractivity contribution in [1.29, 1.82) is 0 Å². The molecule has 0 spiro atoms. The van der Waals surface area contributed by atoms with Crippen molar-refractivity contribution in [3.8, 4) is 5.75 Å². The molecule has 5 nitrogen and oxygen atoms in total. The Morgan fingerprint density at radius 3 is 2.73 bits per heavy atom. The minimum atomic E-state index is -4.68. The third-order valence-electron chi connectivity index (χ3n) is 3.68. The van der Waals surface area contributed by atoms with Gasteiger partial charge in [0.15, 0.2) is 17.3 Å². The third-order valence-corrected chi connectivity index (χ3v) is 3.68. The van der Waals surface area contributed by atoms with Crippen molar-refractivity contribution in [1.82, 2.24) is 4.98 Å². The lowest BCUT2D eigenvalue weighted by Gasteiger charge is -2.12. The number of rotatable bonds is 4. The van der Waals surface area contributed by atoms with Gasteiger partial charge in [0.2, 0.25) is 0 Å². The summed E-state index contributed by atoms with van der Waals surface area (Å²) in [4.78, 5) is 14.6. The molecule has 0 saturated heterocycles. The van der Waals surface area contributed by atoms with E-state index in [1.807, 2.05) is 0 Å². The van der Waals surface area contributed by atoms with Gasteiger partial charge >= 0.3 is 12.1 Å². The van der Waals surface area contributed by atoms with E-state index < -0.39 is 36.0 Å². The normalized spacial score (nSPS) is 11.7. The molecule has 1 aromatic carbocycles. The van der Waals surface area contributed by atoms with Crippen LogP contribution in [0, 0.1) is 12.7 Å². The van der Waals surface area contributed by atoms with E-state index in [9.17, 15) is 27.5 Å². The Kier molecular flexibility index (Phi) is 4.31. The van der Waals surface area contributed by atoms with Gasteiger partial charge in [-0.25, -0.2) is 9.18 Å². The molecule has 2 aromatic heterocycles. The van der Waals surface area contributed by atoms with Gasteiger partial charge in [0, 0.05) is 23.2 Å². The maximum absolute atomic E-state index is 14.1. The number of furan rings is 1. The molecule has 0 saturated carbocycles. The molecular formula is C17H11F4NO4. The van der Waals surface area contributed by atoms with Crippen molar-refractivity contribution in [2.45, 2.75) is 19.7 Å². The van der Waals surface area contributed by atoms with E-state index in [4.69, 9.17) is 9.15 Å². The molecule has 136 valence electrons. The average molecular weight is 369 g/mol. The lowest BCUT2D eigenvalue weighted by atomic mass is 10.1. The van der Waals surface area contributed by atoms with Crippen LogP contribution in [0.5, 0.6) is 5.75 Å². The third kappa shape index (κ3) is 3.19. The summed E-state index contributed by atoms with van der Waals surface area (Å²) in [6.45, 7) is 0.817. The lowest BCUT2D eigenvalue weighted by molar-refractivity contribution is -0.142. The zero-order chi connectivity index (χ0) is 19.1. The maximum Gasteiger partial charge on any atom is 0.433 e. The largest absolute Gasteiger partial charge is 0.486 e. The Bertz CT molecular complexity index is 994. The van der Waals surface area contributed by atoms with Crippen molar-refractivity contribution in [3.63, 3.8) is 0 Å². The van der Waals surface area contributed by atoms with Gasteiger partial charge in [0.1, 0.15) is 23.5 Å². The fourth-order valence-electron chi connectivity index (χ4n) is 2.56. The molecule has 0 fully saturated rings. The number of carboxylic acid groups (broad SMARTS) is 1. The Morgan fingerprint density at radius 1 is 1.35 bits per heavy atom. The first-order valence-corrected chi connectivity index (χ1v) is 7.28. The standard InChI is InChI=1S/C17H11F4NO4/c1-8-14(16(23)24)10-5-13(11(18)6-12(10)26-8)25-7-9-3-2-4-22-15(9)17(19,20)21/h2-6H,7H2,1H3,(H,23,24). The van der Waals surface area contributed by atoms with Gasteiger partial charge in [-0.3, -0.25) is 4.98 Å². The SMILES string of the molecule is Cc1oc2cc(F)c(OCc3cccnc3C(F)(F)F)cc2c1C(=O)O. The molecule has 0 bridgehead atoms. The molecule has 0 unspecified atom stereocenters. The number of ether oxygens (including phenoxy) is 1. The van der Waals surface area contributed by atoms with Crippen LogP contribution in [0.3, 0.4) is 0 Å². The number of carboxylic acids is 1. The summed E-state index contributed by atoms with van der Waals surface area (Å²) in [5, 5.41) is 9.31. The van der Waals surface area contributed by atoms with Crippen LogP contribution in [0.25, 0.3) is 11.0 Å². The molecule has 0 aliphatic rings. The predicted molar refractivity (Wildman–Crippen MR) is 81.4 cm³/mol. The van der Waals surface area contributed by atoms with E-state index in [1.165, 1.54) is 13.0 Å². The first kappa shape index (κ1) is 17.7. The highest BCUT2D eigenvalue weighted by Crippen LogP contribution is 2.33. The number of alkyl halides is 3. The van der Waals surface area contributed by atoms with Gasteiger partial charge in [-0.05, 0) is 19.1 Å². The molecule has 0 atom stereocenters. The Labute approximate surface area is 143 Å². The summed E-state index contributed by atoms with van der Waals surface area (Å²) in [5.74, 6) is -2.47. The molecule has 0 radical (unpaired) electrons.